The molecular weight excluding hydrogens is 282 g/mol. The fraction of sp³-hybridized carbons (Fsp3) is 0.400. The highest BCUT2D eigenvalue weighted by Gasteiger charge is 2.06. The van der Waals surface area contributed by atoms with Crippen LogP contribution in [0.5, 0.6) is 0 Å². The van der Waals surface area contributed by atoms with E-state index in [0.29, 0.717) is 0 Å². The third kappa shape index (κ3) is 3.79. The van der Waals surface area contributed by atoms with Crippen LogP contribution in [0, 0.1) is 0 Å². The molecule has 0 aliphatic rings. The number of benzene rings is 2. The number of rotatable bonds is 7. The summed E-state index contributed by atoms with van der Waals surface area (Å²) >= 11 is 0. The number of hydrogen-bond acceptors (Lipinski definition) is 2. The molecule has 0 aliphatic carbocycles. The van der Waals surface area contributed by atoms with Gasteiger partial charge in [0, 0.05) is 0 Å². The highest BCUT2D eigenvalue weighted by Crippen LogP contribution is 2.17. The Balaban J connectivity index is 1.82. The van der Waals surface area contributed by atoms with Crippen molar-refractivity contribution >= 4 is 11.0 Å². The number of hydrogen-bond donors (Lipinski definition) is 0. The molecule has 0 atom stereocenters. The maximum Gasteiger partial charge on any atom is 0.113 e. The van der Waals surface area contributed by atoms with E-state index in [4.69, 9.17) is 0 Å². The molecule has 3 rings (SSSR count). The van der Waals surface area contributed by atoms with E-state index in [1.165, 1.54) is 36.8 Å². The van der Waals surface area contributed by atoms with Gasteiger partial charge in [-0.05, 0) is 61.1 Å². The molecule has 0 radical (unpaired) electrons. The van der Waals surface area contributed by atoms with Crippen LogP contribution in [-0.4, -0.2) is 15.0 Å². The fourth-order valence-electron chi connectivity index (χ4n) is 2.79. The molecule has 120 valence electrons. The van der Waals surface area contributed by atoms with Crippen LogP contribution in [0.4, 0.5) is 0 Å². The largest absolute Gasteiger partial charge is 0.150 e. The third-order valence-corrected chi connectivity index (χ3v) is 4.25. The molecule has 1 heterocycles. The summed E-state index contributed by atoms with van der Waals surface area (Å²) in [7, 11) is 0. The van der Waals surface area contributed by atoms with E-state index < -0.39 is 0 Å². The van der Waals surface area contributed by atoms with Gasteiger partial charge in [0.15, 0.2) is 0 Å². The number of fused-ring (bicyclic) bond motifs is 1. The lowest BCUT2D eigenvalue weighted by Gasteiger charge is -2.02. The summed E-state index contributed by atoms with van der Waals surface area (Å²) in [5.74, 6) is 0. The van der Waals surface area contributed by atoms with Crippen molar-refractivity contribution in [2.45, 2.75) is 52.4 Å². The predicted octanol–water partition coefficient (Wildman–Crippen LogP) is 5.11. The van der Waals surface area contributed by atoms with Crippen molar-refractivity contribution in [3.05, 3.63) is 53.6 Å². The van der Waals surface area contributed by atoms with Gasteiger partial charge in [0.1, 0.15) is 11.0 Å². The van der Waals surface area contributed by atoms with Gasteiger partial charge in [0.05, 0.1) is 5.69 Å². The Morgan fingerprint density at radius 2 is 1.35 bits per heavy atom. The second-order valence-corrected chi connectivity index (χ2v) is 6.19. The molecule has 0 unspecified atom stereocenters. The van der Waals surface area contributed by atoms with Gasteiger partial charge in [-0.15, -0.1) is 10.2 Å². The summed E-state index contributed by atoms with van der Waals surface area (Å²) in [6.45, 7) is 4.45. The van der Waals surface area contributed by atoms with Crippen molar-refractivity contribution in [3.63, 3.8) is 0 Å². The highest BCUT2D eigenvalue weighted by atomic mass is 15.5. The van der Waals surface area contributed by atoms with Crippen LogP contribution in [-0.2, 0) is 12.8 Å². The fourth-order valence-corrected chi connectivity index (χ4v) is 2.79. The summed E-state index contributed by atoms with van der Waals surface area (Å²) in [5, 5.41) is 9.25. The second kappa shape index (κ2) is 7.40. The van der Waals surface area contributed by atoms with Gasteiger partial charge in [-0.1, -0.05) is 44.9 Å². The minimum absolute atomic E-state index is 0.959. The minimum atomic E-state index is 0.959. The first-order valence-corrected chi connectivity index (χ1v) is 8.75. The molecular formula is C20H25N3. The molecule has 0 saturated heterocycles. The zero-order valence-electron chi connectivity index (χ0n) is 14.1. The molecule has 0 spiro atoms. The van der Waals surface area contributed by atoms with Crippen LogP contribution in [0.25, 0.3) is 16.7 Å². The number of nitrogens with zero attached hydrogens (tertiary/aromatic N) is 3. The summed E-state index contributed by atoms with van der Waals surface area (Å²) in [6, 6.07) is 15.0. The van der Waals surface area contributed by atoms with E-state index in [1.807, 2.05) is 0 Å². The maximum atomic E-state index is 4.65. The van der Waals surface area contributed by atoms with E-state index in [-0.39, 0.29) is 0 Å². The van der Waals surface area contributed by atoms with Crippen LogP contribution >= 0.6 is 0 Å². The summed E-state index contributed by atoms with van der Waals surface area (Å²) in [4.78, 5) is 1.75. The molecule has 0 amide bonds. The third-order valence-electron chi connectivity index (χ3n) is 4.25. The summed E-state index contributed by atoms with van der Waals surface area (Å²) < 4.78 is 0. The average molecular weight is 307 g/mol. The Hall–Kier alpha value is -2.16. The van der Waals surface area contributed by atoms with Crippen molar-refractivity contribution in [1.29, 1.82) is 0 Å². The topological polar surface area (TPSA) is 30.7 Å². The van der Waals surface area contributed by atoms with E-state index in [0.717, 1.165) is 29.6 Å². The molecule has 0 N–H and O–H groups in total. The monoisotopic (exact) mass is 307 g/mol. The normalized spacial score (nSPS) is 11.2. The number of aryl methyl sites for hydroxylation is 2. The van der Waals surface area contributed by atoms with Gasteiger partial charge in [0.2, 0.25) is 0 Å². The standard InChI is InChI=1S/C20H25N3/c1-3-5-7-16-9-12-18(13-10-16)23-21-19-14-11-17(8-6-4-2)15-20(19)22-23/h9-15H,3-8H2,1-2H3. The molecule has 2 aromatic carbocycles. The lowest BCUT2D eigenvalue weighted by Crippen LogP contribution is -1.98. The molecule has 3 nitrogen and oxygen atoms in total. The Morgan fingerprint density at radius 1 is 0.739 bits per heavy atom. The van der Waals surface area contributed by atoms with Crippen molar-refractivity contribution in [1.82, 2.24) is 15.0 Å². The molecule has 0 bridgehead atoms. The molecule has 0 saturated carbocycles. The van der Waals surface area contributed by atoms with Gasteiger partial charge >= 0.3 is 0 Å². The molecule has 23 heavy (non-hydrogen) atoms. The zero-order valence-corrected chi connectivity index (χ0v) is 14.1. The predicted molar refractivity (Wildman–Crippen MR) is 96.1 cm³/mol. The Labute approximate surface area is 138 Å². The highest BCUT2D eigenvalue weighted by molar-refractivity contribution is 5.74. The SMILES string of the molecule is CCCCc1ccc(-n2nc3ccc(CCCC)cc3n2)cc1. The molecule has 3 aromatic rings. The van der Waals surface area contributed by atoms with E-state index in [2.05, 4.69) is 66.5 Å². The lowest BCUT2D eigenvalue weighted by molar-refractivity contribution is 0.762. The van der Waals surface area contributed by atoms with Gasteiger partial charge in [-0.3, -0.25) is 0 Å². The molecule has 3 heteroatoms. The first-order chi connectivity index (χ1) is 11.3. The molecule has 1 aromatic heterocycles. The molecule has 0 aliphatic heterocycles. The number of unbranched alkanes of at least 4 members (excludes halogenated alkanes) is 2. The zero-order chi connectivity index (χ0) is 16.1. The van der Waals surface area contributed by atoms with Crippen LogP contribution in [0.3, 0.4) is 0 Å². The summed E-state index contributed by atoms with van der Waals surface area (Å²) in [6.07, 6.45) is 7.17. The van der Waals surface area contributed by atoms with E-state index >= 15 is 0 Å². The first kappa shape index (κ1) is 15.7. The van der Waals surface area contributed by atoms with Gasteiger partial charge in [-0.2, -0.15) is 4.80 Å². The van der Waals surface area contributed by atoms with Crippen molar-refractivity contribution in [3.8, 4) is 5.69 Å². The van der Waals surface area contributed by atoms with E-state index in [9.17, 15) is 0 Å². The van der Waals surface area contributed by atoms with Crippen LogP contribution in [0.15, 0.2) is 42.5 Å². The first-order valence-electron chi connectivity index (χ1n) is 8.75. The van der Waals surface area contributed by atoms with Crippen LogP contribution in [0.1, 0.15) is 50.7 Å². The summed E-state index contributed by atoms with van der Waals surface area (Å²) in [5.41, 5.74) is 5.70. The quantitative estimate of drug-likeness (QED) is 0.607. The Bertz CT molecular complexity index is 756. The van der Waals surface area contributed by atoms with Gasteiger partial charge < -0.3 is 0 Å². The number of aromatic nitrogens is 3. The maximum absolute atomic E-state index is 4.65. The van der Waals surface area contributed by atoms with Crippen molar-refractivity contribution in [2.75, 3.05) is 0 Å². The Kier molecular flexibility index (Phi) is 5.06. The minimum Gasteiger partial charge on any atom is -0.150 e. The van der Waals surface area contributed by atoms with Crippen LogP contribution < -0.4 is 0 Å². The molecule has 0 fully saturated rings. The lowest BCUT2D eigenvalue weighted by atomic mass is 10.1. The van der Waals surface area contributed by atoms with E-state index in [1.54, 1.807) is 4.80 Å². The second-order valence-electron chi connectivity index (χ2n) is 6.19. The average Bonchev–Trinajstić information content (AvgIpc) is 3.01. The van der Waals surface area contributed by atoms with Gasteiger partial charge in [0.25, 0.3) is 0 Å². The smallest absolute Gasteiger partial charge is 0.113 e. The van der Waals surface area contributed by atoms with Crippen LogP contribution in [0.2, 0.25) is 0 Å². The van der Waals surface area contributed by atoms with Gasteiger partial charge in [-0.25, -0.2) is 0 Å². The van der Waals surface area contributed by atoms with Crippen molar-refractivity contribution < 1.29 is 0 Å². The Morgan fingerprint density at radius 3 is 2.04 bits per heavy atom. The van der Waals surface area contributed by atoms with Crippen molar-refractivity contribution in [2.24, 2.45) is 0 Å².